The van der Waals surface area contributed by atoms with E-state index in [9.17, 15) is 38.4 Å². The second kappa shape index (κ2) is 21.5. The van der Waals surface area contributed by atoms with Crippen molar-refractivity contribution in [2.45, 2.75) is 134 Å². The molecule has 3 fully saturated rings. The lowest BCUT2D eigenvalue weighted by Gasteiger charge is -2.39. The van der Waals surface area contributed by atoms with Crippen molar-refractivity contribution in [3.05, 3.63) is 35.9 Å². The van der Waals surface area contributed by atoms with Gasteiger partial charge in [-0.1, -0.05) is 76.8 Å². The summed E-state index contributed by atoms with van der Waals surface area (Å²) >= 11 is 0. The van der Waals surface area contributed by atoms with Gasteiger partial charge in [0, 0.05) is 6.04 Å². The average molecular weight is 812 g/mol. The molecule has 4 rings (SSSR count). The summed E-state index contributed by atoms with van der Waals surface area (Å²) in [6.45, 7) is 6.81. The summed E-state index contributed by atoms with van der Waals surface area (Å²) in [7, 11) is 2.27. The Morgan fingerprint density at radius 1 is 0.759 bits per heavy atom. The van der Waals surface area contributed by atoms with E-state index in [2.05, 4.69) is 41.4 Å². The van der Waals surface area contributed by atoms with Crippen molar-refractivity contribution in [3.63, 3.8) is 0 Å². The van der Waals surface area contributed by atoms with Gasteiger partial charge in [0.25, 0.3) is 5.91 Å². The third kappa shape index (κ3) is 11.7. The molecule has 17 heteroatoms. The fourth-order valence-electron chi connectivity index (χ4n) is 8.41. The monoisotopic (exact) mass is 811 g/mol. The molecule has 17 nitrogen and oxygen atoms in total. The highest BCUT2D eigenvalue weighted by atomic mass is 16.5. The Balaban J connectivity index is 1.52. The van der Waals surface area contributed by atoms with Crippen molar-refractivity contribution < 1.29 is 47.8 Å². The minimum Gasteiger partial charge on any atom is -0.453 e. The van der Waals surface area contributed by atoms with Crippen LogP contribution in [-0.2, 0) is 38.2 Å². The molecular formula is C41H61N7O10. The number of carbonyl (C=O) groups excluding carboxylic acids is 8. The van der Waals surface area contributed by atoms with Crippen molar-refractivity contribution in [1.82, 2.24) is 36.8 Å². The highest BCUT2D eigenvalue weighted by molar-refractivity contribution is 6.38. The van der Waals surface area contributed by atoms with Gasteiger partial charge in [-0.05, 0) is 68.8 Å². The van der Waals surface area contributed by atoms with Gasteiger partial charge in [0.2, 0.25) is 29.4 Å². The maximum absolute atomic E-state index is 14.6. The Kier molecular flexibility index (Phi) is 16.9. The minimum absolute atomic E-state index is 0.172. The number of nitrogens with zero attached hydrogens (tertiary/aromatic N) is 1. The number of amides is 7. The molecule has 1 aromatic rings. The first-order valence-corrected chi connectivity index (χ1v) is 20.5. The van der Waals surface area contributed by atoms with Gasteiger partial charge in [-0.3, -0.25) is 28.8 Å². The number of fused-ring (bicyclic) bond motifs is 2. The molecule has 1 aliphatic heterocycles. The molecule has 3 aliphatic rings. The van der Waals surface area contributed by atoms with Gasteiger partial charge in [-0.15, -0.1) is 0 Å². The van der Waals surface area contributed by atoms with Crippen LogP contribution < -0.4 is 31.9 Å². The predicted molar refractivity (Wildman–Crippen MR) is 212 cm³/mol. The minimum atomic E-state index is -1.32. The highest BCUT2D eigenvalue weighted by Crippen LogP contribution is 2.43. The summed E-state index contributed by atoms with van der Waals surface area (Å²) in [5.41, 5.74) is 0.822. The molecule has 1 heterocycles. The lowest BCUT2D eigenvalue weighted by atomic mass is 9.83. The molecule has 1 saturated heterocycles. The number of likely N-dealkylation sites (tertiary alicyclic amines) is 1. The number of rotatable bonds is 18. The van der Waals surface area contributed by atoms with Crippen LogP contribution in [0.5, 0.6) is 0 Å². The van der Waals surface area contributed by atoms with E-state index in [1.54, 1.807) is 25.7 Å². The Bertz CT molecular complexity index is 1640. The summed E-state index contributed by atoms with van der Waals surface area (Å²) in [6.07, 6.45) is 4.81. The van der Waals surface area contributed by atoms with Gasteiger partial charge in [0.15, 0.2) is 0 Å². The second-order valence-corrected chi connectivity index (χ2v) is 15.9. The van der Waals surface area contributed by atoms with E-state index in [1.807, 2.05) is 37.3 Å². The van der Waals surface area contributed by atoms with E-state index >= 15 is 0 Å². The molecule has 7 amide bonds. The number of ketones is 1. The summed E-state index contributed by atoms with van der Waals surface area (Å²) in [4.78, 5) is 109. The van der Waals surface area contributed by atoms with Crippen molar-refractivity contribution in [2.24, 2.45) is 17.8 Å². The first-order valence-electron chi connectivity index (χ1n) is 20.5. The Labute approximate surface area is 340 Å². The van der Waals surface area contributed by atoms with Gasteiger partial charge >= 0.3 is 12.2 Å². The molecule has 2 aliphatic carbocycles. The fourth-order valence-corrected chi connectivity index (χ4v) is 8.41. The number of piperidine rings is 1. The number of nitrogens with one attached hydrogen (secondary N) is 6. The predicted octanol–water partition coefficient (Wildman–Crippen LogP) is 2.38. The quantitative estimate of drug-likeness (QED) is 0.119. The number of hydrogen-bond donors (Lipinski definition) is 6. The van der Waals surface area contributed by atoms with Crippen LogP contribution in [-0.4, -0.2) is 109 Å². The van der Waals surface area contributed by atoms with Crippen molar-refractivity contribution in [1.29, 1.82) is 0 Å². The van der Waals surface area contributed by atoms with Crippen LogP contribution in [0.1, 0.15) is 104 Å². The van der Waals surface area contributed by atoms with Gasteiger partial charge in [-0.25, -0.2) is 9.59 Å². The Morgan fingerprint density at radius 3 is 2.05 bits per heavy atom. The summed E-state index contributed by atoms with van der Waals surface area (Å²) in [5, 5.41) is 16.0. The van der Waals surface area contributed by atoms with Crippen molar-refractivity contribution in [2.75, 3.05) is 20.8 Å². The van der Waals surface area contributed by atoms with Gasteiger partial charge < -0.3 is 46.3 Å². The number of carbonyl (C=O) groups is 8. The van der Waals surface area contributed by atoms with Gasteiger partial charge in [0.05, 0.1) is 32.8 Å². The van der Waals surface area contributed by atoms with E-state index in [4.69, 9.17) is 0 Å². The molecular weight excluding hydrogens is 750 g/mol. The van der Waals surface area contributed by atoms with E-state index in [0.29, 0.717) is 38.5 Å². The van der Waals surface area contributed by atoms with E-state index in [0.717, 1.165) is 39.0 Å². The van der Waals surface area contributed by atoms with Crippen LogP contribution in [0, 0.1) is 17.8 Å². The molecule has 1 aromatic carbocycles. The van der Waals surface area contributed by atoms with Crippen LogP contribution in [0.3, 0.4) is 0 Å². The fraction of sp³-hybridized carbons (Fsp3) is 0.659. The third-order valence-electron chi connectivity index (χ3n) is 11.6. The normalized spacial score (nSPS) is 21.4. The van der Waals surface area contributed by atoms with Crippen LogP contribution in [0.15, 0.2) is 30.3 Å². The van der Waals surface area contributed by atoms with Crippen molar-refractivity contribution in [3.8, 4) is 0 Å². The largest absolute Gasteiger partial charge is 0.453 e. The number of benzene rings is 1. The first kappa shape index (κ1) is 45.5. The maximum Gasteiger partial charge on any atom is 0.407 e. The zero-order valence-corrected chi connectivity index (χ0v) is 34.5. The summed E-state index contributed by atoms with van der Waals surface area (Å²) < 4.78 is 9.25. The SMILES string of the molecule is CCCC(NC(=O)[C@@H]1[C@@H]2CC[C@@H](C2)N1C(=O)[C@@H](NC(=O)[C@@H](NC(=O)[C@H](CNC(=O)OC)NC(=O)OC)C1CCCCC1)C(C)C)C(=O)C(=O)N[C@@H](C)c1ccccc1. The Hall–Kier alpha value is -5.22. The van der Waals surface area contributed by atoms with E-state index in [-0.39, 0.29) is 30.8 Å². The van der Waals surface area contributed by atoms with Gasteiger partial charge in [-0.2, -0.15) is 0 Å². The van der Waals surface area contributed by atoms with Crippen molar-refractivity contribution >= 4 is 47.5 Å². The van der Waals surface area contributed by atoms with E-state index < -0.39 is 89.7 Å². The molecule has 0 spiro atoms. The number of methoxy groups -OCH3 is 2. The topological polar surface area (TPSA) is 230 Å². The smallest absolute Gasteiger partial charge is 0.407 e. The highest BCUT2D eigenvalue weighted by Gasteiger charge is 2.53. The zero-order valence-electron chi connectivity index (χ0n) is 34.5. The number of ether oxygens (including phenoxy) is 2. The molecule has 320 valence electrons. The molecule has 6 N–H and O–H groups in total. The lowest BCUT2D eigenvalue weighted by molar-refractivity contribution is -0.148. The number of alkyl carbamates (subject to hydrolysis) is 2. The summed E-state index contributed by atoms with van der Waals surface area (Å²) in [5.74, 6) is -4.80. The first-order chi connectivity index (χ1) is 27.7. The third-order valence-corrected chi connectivity index (χ3v) is 11.6. The Morgan fingerprint density at radius 2 is 1.43 bits per heavy atom. The maximum atomic E-state index is 14.6. The van der Waals surface area contributed by atoms with E-state index in [1.165, 1.54) is 0 Å². The second-order valence-electron chi connectivity index (χ2n) is 15.9. The van der Waals surface area contributed by atoms with Crippen LogP contribution in [0.25, 0.3) is 0 Å². The van der Waals surface area contributed by atoms with Crippen LogP contribution >= 0.6 is 0 Å². The molecule has 1 unspecified atom stereocenters. The number of hydrogen-bond acceptors (Lipinski definition) is 10. The molecule has 2 bridgehead atoms. The standard InChI is InChI=1S/C41H61N7O10/c1-7-14-29(34(49)38(53)43-24(4)25-15-10-8-11-16-25)44-37(52)33-27-19-20-28(21-27)48(33)39(54)31(23(2)3)46-36(51)32(26-17-12-9-13-18-26)47-35(50)30(45-41(56)58-6)22-42-40(55)57-5/h8,10-11,15-16,23-24,26-33H,7,9,12-14,17-22H2,1-6H3,(H,42,55)(H,43,53)(H,44,52)(H,45,56)(H,46,51)(H,47,50)/t24-,27+,28-,29?,30-,31-,32-,33-/m0/s1. The molecule has 0 radical (unpaired) electrons. The zero-order chi connectivity index (χ0) is 42.5. The molecule has 2 saturated carbocycles. The molecule has 0 aromatic heterocycles. The lowest BCUT2D eigenvalue weighted by Crippen LogP contribution is -2.63. The molecule has 8 atom stereocenters. The van der Waals surface area contributed by atoms with Crippen LogP contribution in [0.4, 0.5) is 9.59 Å². The van der Waals surface area contributed by atoms with Crippen LogP contribution in [0.2, 0.25) is 0 Å². The number of Topliss-reactive ketones (excluding diaryl/α,β-unsaturated/α-hetero) is 1. The average Bonchev–Trinajstić information content (AvgIpc) is 3.85. The van der Waals surface area contributed by atoms with Gasteiger partial charge in [0.1, 0.15) is 24.2 Å². The summed E-state index contributed by atoms with van der Waals surface area (Å²) in [6, 6.07) is 3.00. The molecule has 58 heavy (non-hydrogen) atoms.